The summed E-state index contributed by atoms with van der Waals surface area (Å²) in [5.41, 5.74) is 5.44. The Balaban J connectivity index is 2.57. The summed E-state index contributed by atoms with van der Waals surface area (Å²) in [4.78, 5) is 0. The zero-order valence-electron chi connectivity index (χ0n) is 14.8. The second kappa shape index (κ2) is 7.83. The summed E-state index contributed by atoms with van der Waals surface area (Å²) < 4.78 is 0. The molecule has 0 saturated carbocycles. The molecule has 0 heterocycles. The van der Waals surface area contributed by atoms with Gasteiger partial charge < -0.3 is 5.32 Å². The highest BCUT2D eigenvalue weighted by Gasteiger charge is 2.32. The van der Waals surface area contributed by atoms with Gasteiger partial charge in [-0.3, -0.25) is 0 Å². The third-order valence-corrected chi connectivity index (χ3v) is 4.09. The smallest absolute Gasteiger partial charge is 0.0698 e. The van der Waals surface area contributed by atoms with Gasteiger partial charge in [0.05, 0.1) is 5.54 Å². The van der Waals surface area contributed by atoms with Crippen molar-refractivity contribution >= 4 is 11.8 Å². The Kier molecular flexibility index (Phi) is 5.81. The highest BCUT2D eigenvalue weighted by molar-refractivity contribution is 5.67. The Morgan fingerprint density at radius 1 is 0.917 bits per heavy atom. The number of anilines is 1. The monoisotopic (exact) mass is 317 g/mol. The van der Waals surface area contributed by atoms with Gasteiger partial charge in [0, 0.05) is 5.69 Å². The standard InChI is InChI=1S/C23H27N/c1-6-20-12-10-11-15-22(20)24-23(16-18(2)3,17-19(4)5)21-13-8-7-9-14-21/h6-15,24H,1-2,4,16-17H2,3,5H3. The highest BCUT2D eigenvalue weighted by Crippen LogP contribution is 2.38. The van der Waals surface area contributed by atoms with Crippen LogP contribution in [0.3, 0.4) is 0 Å². The van der Waals surface area contributed by atoms with E-state index in [1.54, 1.807) is 0 Å². The summed E-state index contributed by atoms with van der Waals surface area (Å²) in [6.07, 6.45) is 3.57. The molecule has 0 aliphatic rings. The number of benzene rings is 2. The van der Waals surface area contributed by atoms with E-state index in [1.165, 1.54) is 5.56 Å². The molecule has 0 saturated heterocycles. The molecule has 0 amide bonds. The molecule has 1 nitrogen and oxygen atoms in total. The maximum absolute atomic E-state index is 4.17. The minimum atomic E-state index is -0.266. The SMILES string of the molecule is C=Cc1ccccc1NC(CC(=C)C)(CC(=C)C)c1ccccc1. The van der Waals surface area contributed by atoms with Gasteiger partial charge in [-0.2, -0.15) is 0 Å². The second-order valence-electron chi connectivity index (χ2n) is 6.63. The molecule has 0 aliphatic heterocycles. The van der Waals surface area contributed by atoms with Crippen molar-refractivity contribution in [3.63, 3.8) is 0 Å². The van der Waals surface area contributed by atoms with Crippen LogP contribution in [0.2, 0.25) is 0 Å². The number of nitrogens with one attached hydrogen (secondary N) is 1. The van der Waals surface area contributed by atoms with Gasteiger partial charge in [-0.05, 0) is 43.9 Å². The first-order chi connectivity index (χ1) is 11.5. The van der Waals surface area contributed by atoms with Crippen LogP contribution in [0, 0.1) is 0 Å². The average molecular weight is 317 g/mol. The number of para-hydroxylation sites is 1. The van der Waals surface area contributed by atoms with Crippen molar-refractivity contribution in [2.45, 2.75) is 32.2 Å². The first-order valence-electron chi connectivity index (χ1n) is 8.31. The molecule has 124 valence electrons. The Hall–Kier alpha value is -2.54. The van der Waals surface area contributed by atoms with E-state index in [0.29, 0.717) is 0 Å². The van der Waals surface area contributed by atoms with Crippen molar-refractivity contribution < 1.29 is 0 Å². The lowest BCUT2D eigenvalue weighted by Gasteiger charge is -2.38. The predicted octanol–water partition coefficient (Wildman–Crippen LogP) is 6.57. The maximum atomic E-state index is 4.17. The van der Waals surface area contributed by atoms with Crippen LogP contribution in [-0.4, -0.2) is 0 Å². The minimum absolute atomic E-state index is 0.266. The number of hydrogen-bond acceptors (Lipinski definition) is 1. The van der Waals surface area contributed by atoms with Crippen molar-refractivity contribution in [2.24, 2.45) is 0 Å². The molecule has 0 radical (unpaired) electrons. The topological polar surface area (TPSA) is 12.0 Å². The van der Waals surface area contributed by atoms with Crippen LogP contribution in [0.25, 0.3) is 6.08 Å². The van der Waals surface area contributed by atoms with Gasteiger partial charge in [0.2, 0.25) is 0 Å². The molecule has 0 spiro atoms. The third-order valence-electron chi connectivity index (χ3n) is 4.09. The predicted molar refractivity (Wildman–Crippen MR) is 107 cm³/mol. The summed E-state index contributed by atoms with van der Waals surface area (Å²) in [7, 11) is 0. The average Bonchev–Trinajstić information content (AvgIpc) is 2.55. The summed E-state index contributed by atoms with van der Waals surface area (Å²) >= 11 is 0. The molecule has 1 heteroatoms. The Bertz CT molecular complexity index is 709. The second-order valence-corrected chi connectivity index (χ2v) is 6.63. The first kappa shape index (κ1) is 17.8. The van der Waals surface area contributed by atoms with E-state index in [2.05, 4.69) is 75.3 Å². The lowest BCUT2D eigenvalue weighted by molar-refractivity contribution is 0.479. The number of rotatable bonds is 8. The van der Waals surface area contributed by atoms with E-state index in [9.17, 15) is 0 Å². The molecule has 0 aliphatic carbocycles. The third kappa shape index (κ3) is 4.26. The Morgan fingerprint density at radius 3 is 2.00 bits per heavy atom. The molecular weight excluding hydrogens is 290 g/mol. The fraction of sp³-hybridized carbons (Fsp3) is 0.217. The van der Waals surface area contributed by atoms with Crippen molar-refractivity contribution in [2.75, 3.05) is 5.32 Å². The molecule has 0 bridgehead atoms. The van der Waals surface area contributed by atoms with Gasteiger partial charge in [-0.25, -0.2) is 0 Å². The summed E-state index contributed by atoms with van der Waals surface area (Å²) in [5, 5.41) is 3.80. The lowest BCUT2D eigenvalue weighted by Crippen LogP contribution is -2.36. The van der Waals surface area contributed by atoms with Gasteiger partial charge in [-0.1, -0.05) is 72.3 Å². The van der Waals surface area contributed by atoms with Gasteiger partial charge in [0.25, 0.3) is 0 Å². The van der Waals surface area contributed by atoms with Crippen molar-refractivity contribution in [3.8, 4) is 0 Å². The van der Waals surface area contributed by atoms with E-state index in [4.69, 9.17) is 0 Å². The molecule has 0 fully saturated rings. The van der Waals surface area contributed by atoms with Crippen LogP contribution in [-0.2, 0) is 5.54 Å². The van der Waals surface area contributed by atoms with E-state index < -0.39 is 0 Å². The summed E-state index contributed by atoms with van der Waals surface area (Å²) in [6, 6.07) is 18.8. The highest BCUT2D eigenvalue weighted by atomic mass is 15.0. The quantitative estimate of drug-likeness (QED) is 0.543. The van der Waals surface area contributed by atoms with E-state index in [1.807, 2.05) is 24.3 Å². The van der Waals surface area contributed by atoms with Gasteiger partial charge in [0.15, 0.2) is 0 Å². The van der Waals surface area contributed by atoms with Gasteiger partial charge in [0.1, 0.15) is 0 Å². The van der Waals surface area contributed by atoms with Crippen LogP contribution < -0.4 is 5.32 Å². The van der Waals surface area contributed by atoms with Crippen LogP contribution in [0.15, 0.2) is 85.5 Å². The zero-order valence-corrected chi connectivity index (χ0v) is 14.8. The van der Waals surface area contributed by atoms with Crippen molar-refractivity contribution in [1.82, 2.24) is 0 Å². The molecule has 0 unspecified atom stereocenters. The molecule has 0 atom stereocenters. The molecule has 2 aromatic rings. The molecule has 1 N–H and O–H groups in total. The normalized spacial score (nSPS) is 10.9. The van der Waals surface area contributed by atoms with Crippen LogP contribution in [0.4, 0.5) is 5.69 Å². The summed E-state index contributed by atoms with van der Waals surface area (Å²) in [6.45, 7) is 16.4. The molecule has 0 aromatic heterocycles. The summed E-state index contributed by atoms with van der Waals surface area (Å²) in [5.74, 6) is 0. The molecular formula is C23H27N. The van der Waals surface area contributed by atoms with Crippen LogP contribution in [0.1, 0.15) is 37.8 Å². The van der Waals surface area contributed by atoms with Gasteiger partial charge in [-0.15, -0.1) is 13.2 Å². The van der Waals surface area contributed by atoms with Crippen molar-refractivity contribution in [1.29, 1.82) is 0 Å². The molecule has 2 rings (SSSR count). The fourth-order valence-electron chi connectivity index (χ4n) is 3.26. The largest absolute Gasteiger partial charge is 0.374 e. The van der Waals surface area contributed by atoms with E-state index >= 15 is 0 Å². The minimum Gasteiger partial charge on any atom is -0.374 e. The molecule has 2 aromatic carbocycles. The fourth-order valence-corrected chi connectivity index (χ4v) is 3.26. The van der Waals surface area contributed by atoms with Crippen molar-refractivity contribution in [3.05, 3.63) is 96.6 Å². The zero-order chi connectivity index (χ0) is 17.6. The lowest BCUT2D eigenvalue weighted by atomic mass is 9.79. The Morgan fingerprint density at radius 2 is 1.46 bits per heavy atom. The van der Waals surface area contributed by atoms with Gasteiger partial charge >= 0.3 is 0 Å². The number of hydrogen-bond donors (Lipinski definition) is 1. The van der Waals surface area contributed by atoms with Crippen LogP contribution in [0.5, 0.6) is 0 Å². The molecule has 24 heavy (non-hydrogen) atoms. The van der Waals surface area contributed by atoms with E-state index in [-0.39, 0.29) is 5.54 Å². The first-order valence-corrected chi connectivity index (χ1v) is 8.31. The maximum Gasteiger partial charge on any atom is 0.0698 e. The van der Waals surface area contributed by atoms with E-state index in [0.717, 1.165) is 35.2 Å². The van der Waals surface area contributed by atoms with Crippen LogP contribution >= 0.6 is 0 Å². The Labute approximate surface area is 146 Å².